The van der Waals surface area contributed by atoms with Gasteiger partial charge >= 0.3 is 0 Å². The summed E-state index contributed by atoms with van der Waals surface area (Å²) in [6.45, 7) is 9.28. The van der Waals surface area contributed by atoms with Gasteiger partial charge in [0.15, 0.2) is 0 Å². The Labute approximate surface area is 147 Å². The highest BCUT2D eigenvalue weighted by molar-refractivity contribution is 9.10. The molecule has 23 heavy (non-hydrogen) atoms. The molecule has 0 aromatic heterocycles. The minimum Gasteiger partial charge on any atom is -0.350 e. The van der Waals surface area contributed by atoms with E-state index in [4.69, 9.17) is 0 Å². The van der Waals surface area contributed by atoms with Gasteiger partial charge < -0.3 is 5.32 Å². The van der Waals surface area contributed by atoms with Gasteiger partial charge in [-0.2, -0.15) is 0 Å². The maximum Gasteiger partial charge on any atom is 0.252 e. The molecule has 2 N–H and O–H groups in total. The van der Waals surface area contributed by atoms with Crippen molar-refractivity contribution < 1.29 is 13.2 Å². The Morgan fingerprint density at radius 3 is 2.43 bits per heavy atom. The van der Waals surface area contributed by atoms with E-state index in [9.17, 15) is 13.2 Å². The third-order valence-electron chi connectivity index (χ3n) is 3.03. The zero-order valence-electron chi connectivity index (χ0n) is 14.2. The first-order valence-corrected chi connectivity index (χ1v) is 9.88. The van der Waals surface area contributed by atoms with E-state index in [0.29, 0.717) is 10.0 Å². The number of nitrogens with one attached hydrogen (secondary N) is 2. The summed E-state index contributed by atoms with van der Waals surface area (Å²) in [4.78, 5) is 12.4. The molecule has 1 aromatic carbocycles. The van der Waals surface area contributed by atoms with E-state index >= 15 is 0 Å². The molecule has 0 heterocycles. The van der Waals surface area contributed by atoms with E-state index in [-0.39, 0.29) is 16.8 Å². The fourth-order valence-corrected chi connectivity index (χ4v) is 3.99. The van der Waals surface area contributed by atoms with E-state index in [1.54, 1.807) is 26.8 Å². The minimum atomic E-state index is -3.68. The second-order valence-electron chi connectivity index (χ2n) is 6.66. The summed E-state index contributed by atoms with van der Waals surface area (Å²) in [6.07, 6.45) is 1.83. The number of sulfonamides is 1. The van der Waals surface area contributed by atoms with Gasteiger partial charge in [-0.25, -0.2) is 13.1 Å². The van der Waals surface area contributed by atoms with Crippen molar-refractivity contribution in [1.82, 2.24) is 10.0 Å². The third-order valence-corrected chi connectivity index (χ3v) is 5.48. The standard InChI is InChI=1S/C16H25BrN2O3S/c1-6-7-11(2)18-15(20)13-10-12(8-9-14(13)17)23(21,22)19-16(3,4)5/h8-11,19H,6-7H2,1-5H3,(H,18,20). The van der Waals surface area contributed by atoms with Crippen LogP contribution in [0.4, 0.5) is 0 Å². The molecule has 5 nitrogen and oxygen atoms in total. The predicted molar refractivity (Wildman–Crippen MR) is 96.1 cm³/mol. The van der Waals surface area contributed by atoms with E-state index in [1.165, 1.54) is 12.1 Å². The van der Waals surface area contributed by atoms with E-state index in [0.717, 1.165) is 12.8 Å². The Hall–Kier alpha value is -0.920. The van der Waals surface area contributed by atoms with E-state index < -0.39 is 15.6 Å². The molecular weight excluding hydrogens is 380 g/mol. The molecule has 0 saturated heterocycles. The normalized spacial score (nSPS) is 13.7. The summed E-state index contributed by atoms with van der Waals surface area (Å²) in [5.74, 6) is -0.286. The number of carbonyl (C=O) groups excluding carboxylic acids is 1. The number of carbonyl (C=O) groups is 1. The molecule has 7 heteroatoms. The molecule has 1 atom stereocenters. The SMILES string of the molecule is CCCC(C)NC(=O)c1cc(S(=O)(=O)NC(C)(C)C)ccc1Br. The average Bonchev–Trinajstić information content (AvgIpc) is 2.36. The molecule has 0 aliphatic rings. The zero-order chi connectivity index (χ0) is 17.8. The van der Waals surface area contributed by atoms with Crippen LogP contribution >= 0.6 is 15.9 Å². The van der Waals surface area contributed by atoms with Crippen molar-refractivity contribution in [1.29, 1.82) is 0 Å². The number of hydrogen-bond donors (Lipinski definition) is 2. The van der Waals surface area contributed by atoms with Gasteiger partial charge in [0.05, 0.1) is 10.5 Å². The van der Waals surface area contributed by atoms with Crippen LogP contribution in [0.25, 0.3) is 0 Å². The highest BCUT2D eigenvalue weighted by Gasteiger charge is 2.24. The number of rotatable bonds is 6. The monoisotopic (exact) mass is 404 g/mol. The molecule has 0 radical (unpaired) electrons. The average molecular weight is 405 g/mol. The molecule has 0 aliphatic heterocycles. The summed E-state index contributed by atoms with van der Waals surface area (Å²) in [6, 6.07) is 4.49. The first kappa shape index (κ1) is 20.1. The summed E-state index contributed by atoms with van der Waals surface area (Å²) in [5, 5.41) is 2.88. The second-order valence-corrected chi connectivity index (χ2v) is 9.20. The fourth-order valence-electron chi connectivity index (χ4n) is 2.11. The third kappa shape index (κ3) is 6.24. The topological polar surface area (TPSA) is 75.3 Å². The molecule has 0 saturated carbocycles. The molecule has 1 rings (SSSR count). The Bertz CT molecular complexity index is 666. The van der Waals surface area contributed by atoms with Crippen molar-refractivity contribution in [2.75, 3.05) is 0 Å². The zero-order valence-corrected chi connectivity index (χ0v) is 16.6. The van der Waals surface area contributed by atoms with Gasteiger partial charge in [-0.15, -0.1) is 0 Å². The summed E-state index contributed by atoms with van der Waals surface area (Å²) >= 11 is 3.31. The lowest BCUT2D eigenvalue weighted by atomic mass is 10.1. The van der Waals surface area contributed by atoms with Gasteiger partial charge in [0.1, 0.15) is 0 Å². The first-order valence-electron chi connectivity index (χ1n) is 7.60. The number of halogens is 1. The van der Waals surface area contributed by atoms with Crippen LogP contribution in [0.2, 0.25) is 0 Å². The fraction of sp³-hybridized carbons (Fsp3) is 0.562. The van der Waals surface area contributed by atoms with Crippen molar-refractivity contribution >= 4 is 31.9 Å². The number of amides is 1. The van der Waals surface area contributed by atoms with Crippen LogP contribution in [-0.2, 0) is 10.0 Å². The van der Waals surface area contributed by atoms with Gasteiger partial charge in [0.25, 0.3) is 5.91 Å². The lowest BCUT2D eigenvalue weighted by Gasteiger charge is -2.21. The Balaban J connectivity index is 3.11. The summed E-state index contributed by atoms with van der Waals surface area (Å²) in [5.41, 5.74) is -0.283. The Morgan fingerprint density at radius 2 is 1.91 bits per heavy atom. The van der Waals surface area contributed by atoms with Gasteiger partial charge in [-0.1, -0.05) is 13.3 Å². The molecule has 0 spiro atoms. The van der Waals surface area contributed by atoms with E-state index in [1.807, 2.05) is 13.8 Å². The van der Waals surface area contributed by atoms with Gasteiger partial charge in [0.2, 0.25) is 10.0 Å². The molecule has 1 amide bonds. The van der Waals surface area contributed by atoms with Crippen LogP contribution in [0.1, 0.15) is 57.8 Å². The van der Waals surface area contributed by atoms with Crippen LogP contribution < -0.4 is 10.0 Å². The second kappa shape index (κ2) is 7.77. The van der Waals surface area contributed by atoms with Gasteiger partial charge in [-0.05, 0) is 68.2 Å². The van der Waals surface area contributed by atoms with Crippen molar-refractivity contribution in [3.63, 3.8) is 0 Å². The molecule has 1 aromatic rings. The van der Waals surface area contributed by atoms with Crippen molar-refractivity contribution in [3.8, 4) is 0 Å². The number of benzene rings is 1. The molecule has 130 valence electrons. The van der Waals surface area contributed by atoms with Crippen molar-refractivity contribution in [3.05, 3.63) is 28.2 Å². The maximum atomic E-state index is 12.4. The van der Waals surface area contributed by atoms with Gasteiger partial charge in [-0.3, -0.25) is 4.79 Å². The van der Waals surface area contributed by atoms with Crippen LogP contribution in [0, 0.1) is 0 Å². The summed E-state index contributed by atoms with van der Waals surface area (Å²) in [7, 11) is -3.68. The highest BCUT2D eigenvalue weighted by atomic mass is 79.9. The molecular formula is C16H25BrN2O3S. The molecule has 0 fully saturated rings. The lowest BCUT2D eigenvalue weighted by Crippen LogP contribution is -2.40. The minimum absolute atomic E-state index is 0.0346. The largest absolute Gasteiger partial charge is 0.350 e. The van der Waals surface area contributed by atoms with Crippen LogP contribution in [-0.4, -0.2) is 25.9 Å². The van der Waals surface area contributed by atoms with Crippen LogP contribution in [0.15, 0.2) is 27.6 Å². The Kier molecular flexibility index (Phi) is 6.80. The highest BCUT2D eigenvalue weighted by Crippen LogP contribution is 2.22. The lowest BCUT2D eigenvalue weighted by molar-refractivity contribution is 0.0937. The Morgan fingerprint density at radius 1 is 1.30 bits per heavy atom. The van der Waals surface area contributed by atoms with Crippen LogP contribution in [0.5, 0.6) is 0 Å². The van der Waals surface area contributed by atoms with Gasteiger partial charge in [0, 0.05) is 16.1 Å². The quantitative estimate of drug-likeness (QED) is 0.761. The summed E-state index contributed by atoms with van der Waals surface area (Å²) < 4.78 is 27.9. The maximum absolute atomic E-state index is 12.4. The van der Waals surface area contributed by atoms with E-state index in [2.05, 4.69) is 26.0 Å². The predicted octanol–water partition coefficient (Wildman–Crippen LogP) is 3.44. The van der Waals surface area contributed by atoms with Crippen molar-refractivity contribution in [2.45, 2.75) is 63.9 Å². The number of hydrogen-bond acceptors (Lipinski definition) is 3. The smallest absolute Gasteiger partial charge is 0.252 e. The molecule has 0 bridgehead atoms. The molecule has 0 aliphatic carbocycles. The molecule has 1 unspecified atom stereocenters. The van der Waals surface area contributed by atoms with Crippen molar-refractivity contribution in [2.24, 2.45) is 0 Å². The van der Waals surface area contributed by atoms with Crippen LogP contribution in [0.3, 0.4) is 0 Å². The first-order chi connectivity index (χ1) is 10.5.